The Bertz CT molecular complexity index is 1210. The number of anilines is 1. The molecule has 0 aliphatic rings. The zero-order valence-electron chi connectivity index (χ0n) is 16.8. The number of ether oxygens (including phenoxy) is 2. The predicted octanol–water partition coefficient (Wildman–Crippen LogP) is 4.07. The lowest BCUT2D eigenvalue weighted by Gasteiger charge is -2.07. The van der Waals surface area contributed by atoms with Crippen molar-refractivity contribution >= 4 is 23.2 Å². The number of furan rings is 1. The molecule has 4 aromatic rings. The lowest BCUT2D eigenvalue weighted by molar-refractivity contribution is 0.102. The first-order chi connectivity index (χ1) is 14.5. The number of nitrogens with one attached hydrogen (secondary N) is 2. The highest BCUT2D eigenvalue weighted by molar-refractivity contribution is 7.17. The fraction of sp³-hybridized carbons (Fsp3) is 0.200. The number of amides is 1. The van der Waals surface area contributed by atoms with E-state index in [4.69, 9.17) is 13.9 Å². The zero-order chi connectivity index (χ0) is 21.3. The molecule has 1 aromatic carbocycles. The van der Waals surface area contributed by atoms with E-state index in [9.17, 15) is 4.79 Å². The second-order valence-corrected chi connectivity index (χ2v) is 7.37. The minimum absolute atomic E-state index is 0.149. The van der Waals surface area contributed by atoms with Gasteiger partial charge in [-0.05, 0) is 38.1 Å². The normalized spacial score (nSPS) is 10.8. The number of hydrogen-bond donors (Lipinski definition) is 2. The number of H-pyrrole nitrogens is 1. The smallest absolute Gasteiger partial charge is 0.270 e. The number of methoxy groups -OCH3 is 2. The third kappa shape index (κ3) is 3.77. The van der Waals surface area contributed by atoms with E-state index in [2.05, 4.69) is 25.5 Å². The van der Waals surface area contributed by atoms with Crippen LogP contribution < -0.4 is 14.8 Å². The fourth-order valence-electron chi connectivity index (χ4n) is 2.85. The molecule has 0 fully saturated rings. The van der Waals surface area contributed by atoms with Crippen LogP contribution in [-0.4, -0.2) is 40.3 Å². The van der Waals surface area contributed by atoms with E-state index in [1.54, 1.807) is 39.3 Å². The standard InChI is InChI=1S/C20H19N5O4S/c1-10-5-8-14(29-10)19-21-11(2)16(30-19)18(26)23-20-22-17(24-25-20)13-7-6-12(27-3)9-15(13)28-4/h5-9H,1-4H3,(H2,22,23,24,25,26). The summed E-state index contributed by atoms with van der Waals surface area (Å²) in [5, 5.41) is 10.2. The highest BCUT2D eigenvalue weighted by atomic mass is 32.1. The Balaban J connectivity index is 1.55. The molecule has 0 aliphatic carbocycles. The Morgan fingerprint density at radius 2 is 1.97 bits per heavy atom. The monoisotopic (exact) mass is 425 g/mol. The van der Waals surface area contributed by atoms with E-state index in [0.717, 1.165) is 5.76 Å². The van der Waals surface area contributed by atoms with E-state index in [1.165, 1.54) is 11.3 Å². The number of rotatable bonds is 6. The van der Waals surface area contributed by atoms with Crippen molar-refractivity contribution in [1.29, 1.82) is 0 Å². The first kappa shape index (κ1) is 19.6. The van der Waals surface area contributed by atoms with Gasteiger partial charge in [-0.3, -0.25) is 15.2 Å². The zero-order valence-corrected chi connectivity index (χ0v) is 17.6. The second-order valence-electron chi connectivity index (χ2n) is 6.37. The average molecular weight is 425 g/mol. The molecule has 1 amide bonds. The number of carbonyl (C=O) groups is 1. The van der Waals surface area contributed by atoms with Gasteiger partial charge in [0.2, 0.25) is 5.95 Å². The fourth-order valence-corrected chi connectivity index (χ4v) is 3.78. The van der Waals surface area contributed by atoms with Gasteiger partial charge >= 0.3 is 0 Å². The molecule has 0 spiro atoms. The number of thiazole rings is 1. The number of aryl methyl sites for hydroxylation is 2. The molecule has 10 heteroatoms. The maximum absolute atomic E-state index is 12.7. The summed E-state index contributed by atoms with van der Waals surface area (Å²) in [6.07, 6.45) is 0. The Hall–Kier alpha value is -3.66. The number of aromatic nitrogens is 4. The second kappa shape index (κ2) is 7.99. The molecule has 0 saturated heterocycles. The summed E-state index contributed by atoms with van der Waals surface area (Å²) in [5.41, 5.74) is 1.30. The van der Waals surface area contributed by atoms with Crippen molar-refractivity contribution in [3.8, 4) is 33.7 Å². The Morgan fingerprint density at radius 3 is 2.67 bits per heavy atom. The molecule has 0 atom stereocenters. The number of aromatic amines is 1. The van der Waals surface area contributed by atoms with Gasteiger partial charge in [0.05, 0.1) is 25.5 Å². The van der Waals surface area contributed by atoms with E-state index >= 15 is 0 Å². The minimum atomic E-state index is -0.341. The van der Waals surface area contributed by atoms with Crippen LogP contribution in [0, 0.1) is 13.8 Å². The third-order valence-corrected chi connectivity index (χ3v) is 5.50. The van der Waals surface area contributed by atoms with Crippen molar-refractivity contribution in [1.82, 2.24) is 20.2 Å². The van der Waals surface area contributed by atoms with Crippen LogP contribution in [0.4, 0.5) is 5.95 Å². The molecule has 3 heterocycles. The van der Waals surface area contributed by atoms with E-state index in [-0.39, 0.29) is 11.9 Å². The van der Waals surface area contributed by atoms with Crippen LogP contribution >= 0.6 is 11.3 Å². The number of carbonyl (C=O) groups excluding carboxylic acids is 1. The van der Waals surface area contributed by atoms with Crippen LogP contribution in [0.3, 0.4) is 0 Å². The molecule has 0 unspecified atom stereocenters. The van der Waals surface area contributed by atoms with Gasteiger partial charge in [-0.15, -0.1) is 16.4 Å². The SMILES string of the molecule is COc1ccc(-c2nc(NC(=O)c3sc(-c4ccc(C)o4)nc3C)n[nH]2)c(OC)c1. The number of nitrogens with zero attached hydrogens (tertiary/aromatic N) is 3. The van der Waals surface area contributed by atoms with E-state index in [0.29, 0.717) is 44.2 Å². The Morgan fingerprint density at radius 1 is 1.13 bits per heavy atom. The molecule has 4 rings (SSSR count). The van der Waals surface area contributed by atoms with Gasteiger partial charge < -0.3 is 13.9 Å². The molecule has 2 N–H and O–H groups in total. The Kier molecular flexibility index (Phi) is 5.23. The van der Waals surface area contributed by atoms with Crippen LogP contribution in [0.25, 0.3) is 22.2 Å². The molecular weight excluding hydrogens is 406 g/mol. The maximum atomic E-state index is 12.7. The summed E-state index contributed by atoms with van der Waals surface area (Å²) in [6.45, 7) is 3.63. The number of benzene rings is 1. The van der Waals surface area contributed by atoms with Crippen LogP contribution in [0.15, 0.2) is 34.7 Å². The largest absolute Gasteiger partial charge is 0.497 e. The van der Waals surface area contributed by atoms with Crippen LogP contribution in [0.1, 0.15) is 21.1 Å². The average Bonchev–Trinajstić information content (AvgIpc) is 3.47. The quantitative estimate of drug-likeness (QED) is 0.478. The molecule has 0 radical (unpaired) electrons. The van der Waals surface area contributed by atoms with Crippen molar-refractivity contribution in [2.75, 3.05) is 19.5 Å². The van der Waals surface area contributed by atoms with Gasteiger partial charge in [0.25, 0.3) is 5.91 Å². The first-order valence-electron chi connectivity index (χ1n) is 8.99. The molecule has 0 saturated carbocycles. The van der Waals surface area contributed by atoms with Gasteiger partial charge in [0.15, 0.2) is 16.6 Å². The summed E-state index contributed by atoms with van der Waals surface area (Å²) < 4.78 is 16.2. The molecule has 154 valence electrons. The summed E-state index contributed by atoms with van der Waals surface area (Å²) in [6, 6.07) is 9.02. The van der Waals surface area contributed by atoms with Crippen molar-refractivity contribution < 1.29 is 18.7 Å². The molecular formula is C20H19N5O4S. The van der Waals surface area contributed by atoms with Crippen molar-refractivity contribution in [3.05, 3.63) is 46.7 Å². The Labute approximate surface area is 176 Å². The van der Waals surface area contributed by atoms with Gasteiger partial charge in [0, 0.05) is 6.07 Å². The third-order valence-electron chi connectivity index (χ3n) is 4.33. The van der Waals surface area contributed by atoms with Crippen LogP contribution in [0.2, 0.25) is 0 Å². The van der Waals surface area contributed by atoms with Crippen molar-refractivity contribution in [3.63, 3.8) is 0 Å². The summed E-state index contributed by atoms with van der Waals surface area (Å²) in [5.74, 6) is 2.91. The van der Waals surface area contributed by atoms with Crippen LogP contribution in [0.5, 0.6) is 11.5 Å². The summed E-state index contributed by atoms with van der Waals surface area (Å²) in [4.78, 5) is 22.0. The van der Waals surface area contributed by atoms with Gasteiger partial charge in [-0.2, -0.15) is 4.98 Å². The molecule has 0 aliphatic heterocycles. The first-order valence-corrected chi connectivity index (χ1v) is 9.80. The van der Waals surface area contributed by atoms with E-state index in [1.807, 2.05) is 19.1 Å². The highest BCUT2D eigenvalue weighted by Gasteiger charge is 2.20. The van der Waals surface area contributed by atoms with Gasteiger partial charge in [-0.1, -0.05) is 0 Å². The predicted molar refractivity (Wildman–Crippen MR) is 112 cm³/mol. The highest BCUT2D eigenvalue weighted by Crippen LogP contribution is 2.32. The topological polar surface area (TPSA) is 115 Å². The summed E-state index contributed by atoms with van der Waals surface area (Å²) in [7, 11) is 3.14. The van der Waals surface area contributed by atoms with Crippen molar-refractivity contribution in [2.24, 2.45) is 0 Å². The molecule has 30 heavy (non-hydrogen) atoms. The molecule has 0 bridgehead atoms. The lowest BCUT2D eigenvalue weighted by Crippen LogP contribution is -2.12. The van der Waals surface area contributed by atoms with E-state index < -0.39 is 0 Å². The van der Waals surface area contributed by atoms with Crippen molar-refractivity contribution in [2.45, 2.75) is 13.8 Å². The van der Waals surface area contributed by atoms with Gasteiger partial charge in [0.1, 0.15) is 22.1 Å². The molecule has 3 aromatic heterocycles. The van der Waals surface area contributed by atoms with Crippen LogP contribution in [-0.2, 0) is 0 Å². The minimum Gasteiger partial charge on any atom is -0.497 e. The molecule has 9 nitrogen and oxygen atoms in total. The van der Waals surface area contributed by atoms with Gasteiger partial charge in [-0.25, -0.2) is 4.98 Å². The maximum Gasteiger partial charge on any atom is 0.270 e. The number of hydrogen-bond acceptors (Lipinski definition) is 8. The lowest BCUT2D eigenvalue weighted by atomic mass is 10.2. The summed E-state index contributed by atoms with van der Waals surface area (Å²) >= 11 is 1.25.